The first-order chi connectivity index (χ1) is 8.20. The van der Waals surface area contributed by atoms with Gasteiger partial charge in [0.05, 0.1) is 6.10 Å². The van der Waals surface area contributed by atoms with Gasteiger partial charge in [-0.05, 0) is 62.3 Å². The summed E-state index contributed by atoms with van der Waals surface area (Å²) in [5.74, 6) is 1.80. The van der Waals surface area contributed by atoms with Crippen molar-refractivity contribution in [1.29, 1.82) is 0 Å². The van der Waals surface area contributed by atoms with Crippen molar-refractivity contribution < 1.29 is 5.11 Å². The average Bonchev–Trinajstić information content (AvgIpc) is 2.40. The van der Waals surface area contributed by atoms with Crippen molar-refractivity contribution in [1.82, 2.24) is 0 Å². The quantitative estimate of drug-likeness (QED) is 0.795. The lowest BCUT2D eigenvalue weighted by Gasteiger charge is -2.47. The molecule has 100 valence electrons. The third-order valence-corrected chi connectivity index (χ3v) is 5.65. The number of rotatable bonds is 3. The minimum atomic E-state index is -0.0540. The molecule has 0 saturated heterocycles. The Morgan fingerprint density at radius 2 is 1.65 bits per heavy atom. The molecule has 2 aliphatic carbocycles. The molecule has 2 rings (SSSR count). The van der Waals surface area contributed by atoms with E-state index in [1.807, 2.05) is 0 Å². The first kappa shape index (κ1) is 13.4. The molecule has 2 nitrogen and oxygen atoms in total. The first-order valence-electron chi connectivity index (χ1n) is 7.58. The molecule has 0 aromatic heterocycles. The predicted octanol–water partition coefficient (Wildman–Crippen LogP) is 3.08. The smallest absolute Gasteiger partial charge is 0.0540 e. The van der Waals surface area contributed by atoms with E-state index in [4.69, 9.17) is 5.73 Å². The van der Waals surface area contributed by atoms with Gasteiger partial charge in [0, 0.05) is 0 Å². The average molecular weight is 239 g/mol. The Kier molecular flexibility index (Phi) is 4.48. The van der Waals surface area contributed by atoms with Crippen LogP contribution in [0.3, 0.4) is 0 Å². The molecule has 0 aromatic carbocycles. The standard InChI is InChI=1S/C15H29NO/c1-2-12-3-5-13(6-4-12)15(11-16)9-7-14(17)8-10-15/h12-14,17H,2-11,16H2,1H3. The zero-order valence-corrected chi connectivity index (χ0v) is 11.3. The molecule has 2 heteroatoms. The lowest BCUT2D eigenvalue weighted by Crippen LogP contribution is -2.43. The maximum atomic E-state index is 9.67. The highest BCUT2D eigenvalue weighted by atomic mass is 16.3. The van der Waals surface area contributed by atoms with Gasteiger partial charge in [0.2, 0.25) is 0 Å². The second-order valence-electron chi connectivity index (χ2n) is 6.42. The Labute approximate surface area is 106 Å². The monoisotopic (exact) mass is 239 g/mol. The van der Waals surface area contributed by atoms with Crippen molar-refractivity contribution in [3.63, 3.8) is 0 Å². The van der Waals surface area contributed by atoms with Gasteiger partial charge >= 0.3 is 0 Å². The largest absolute Gasteiger partial charge is 0.393 e. The molecule has 0 spiro atoms. The van der Waals surface area contributed by atoms with E-state index in [1.54, 1.807) is 0 Å². The highest BCUT2D eigenvalue weighted by Crippen LogP contribution is 2.48. The summed E-state index contributed by atoms with van der Waals surface area (Å²) in [6.07, 6.45) is 11.1. The maximum Gasteiger partial charge on any atom is 0.0540 e. The maximum absolute atomic E-state index is 9.67. The van der Waals surface area contributed by atoms with Gasteiger partial charge in [-0.2, -0.15) is 0 Å². The van der Waals surface area contributed by atoms with Crippen LogP contribution in [-0.4, -0.2) is 17.8 Å². The number of aliphatic hydroxyl groups is 1. The number of hydrogen-bond donors (Lipinski definition) is 2. The Bertz CT molecular complexity index is 225. The number of nitrogens with two attached hydrogens (primary N) is 1. The summed E-state index contributed by atoms with van der Waals surface area (Å²) in [7, 11) is 0. The molecule has 0 atom stereocenters. The highest BCUT2D eigenvalue weighted by molar-refractivity contribution is 4.93. The van der Waals surface area contributed by atoms with Gasteiger partial charge in [0.15, 0.2) is 0 Å². The van der Waals surface area contributed by atoms with E-state index in [0.29, 0.717) is 5.41 Å². The summed E-state index contributed by atoms with van der Waals surface area (Å²) < 4.78 is 0. The molecular weight excluding hydrogens is 210 g/mol. The normalized spacial score (nSPS) is 43.6. The molecule has 0 radical (unpaired) electrons. The topological polar surface area (TPSA) is 46.2 Å². The summed E-state index contributed by atoms with van der Waals surface area (Å²) in [6, 6.07) is 0. The molecule has 0 aromatic rings. The Balaban J connectivity index is 1.94. The van der Waals surface area contributed by atoms with Crippen molar-refractivity contribution in [2.24, 2.45) is 23.0 Å². The Morgan fingerprint density at radius 1 is 1.06 bits per heavy atom. The van der Waals surface area contributed by atoms with Gasteiger partial charge < -0.3 is 10.8 Å². The zero-order chi connectivity index (χ0) is 12.3. The van der Waals surface area contributed by atoms with Crippen LogP contribution in [0.5, 0.6) is 0 Å². The van der Waals surface area contributed by atoms with Gasteiger partial charge in [0.25, 0.3) is 0 Å². The van der Waals surface area contributed by atoms with E-state index in [9.17, 15) is 5.11 Å². The van der Waals surface area contributed by atoms with E-state index in [0.717, 1.165) is 44.1 Å². The van der Waals surface area contributed by atoms with Gasteiger partial charge in [-0.3, -0.25) is 0 Å². The number of hydrogen-bond acceptors (Lipinski definition) is 2. The minimum Gasteiger partial charge on any atom is -0.393 e. The van der Waals surface area contributed by atoms with Gasteiger partial charge in [-0.25, -0.2) is 0 Å². The second-order valence-corrected chi connectivity index (χ2v) is 6.42. The molecule has 2 saturated carbocycles. The highest BCUT2D eigenvalue weighted by Gasteiger charge is 2.41. The van der Waals surface area contributed by atoms with Crippen molar-refractivity contribution >= 4 is 0 Å². The van der Waals surface area contributed by atoms with Crippen LogP contribution in [0.4, 0.5) is 0 Å². The first-order valence-corrected chi connectivity index (χ1v) is 7.58. The molecule has 2 aliphatic rings. The third kappa shape index (κ3) is 2.85. The minimum absolute atomic E-state index is 0.0540. The Hall–Kier alpha value is -0.0800. The van der Waals surface area contributed by atoms with Crippen LogP contribution < -0.4 is 5.73 Å². The van der Waals surface area contributed by atoms with Crippen LogP contribution in [0.2, 0.25) is 0 Å². The summed E-state index contributed by atoms with van der Waals surface area (Å²) in [5.41, 5.74) is 6.47. The molecule has 0 heterocycles. The van der Waals surface area contributed by atoms with Crippen LogP contribution >= 0.6 is 0 Å². The summed E-state index contributed by atoms with van der Waals surface area (Å²) in [5, 5.41) is 9.67. The van der Waals surface area contributed by atoms with Gasteiger partial charge in [-0.15, -0.1) is 0 Å². The van der Waals surface area contributed by atoms with Gasteiger partial charge in [-0.1, -0.05) is 26.2 Å². The molecule has 3 N–H and O–H groups in total. The van der Waals surface area contributed by atoms with E-state index in [-0.39, 0.29) is 6.10 Å². The van der Waals surface area contributed by atoms with Gasteiger partial charge in [0.1, 0.15) is 0 Å². The fourth-order valence-electron chi connectivity index (χ4n) is 4.14. The molecular formula is C15H29NO. The van der Waals surface area contributed by atoms with E-state index in [1.165, 1.54) is 32.1 Å². The van der Waals surface area contributed by atoms with Crippen LogP contribution in [0.25, 0.3) is 0 Å². The molecule has 0 amide bonds. The van der Waals surface area contributed by atoms with Crippen LogP contribution in [0.1, 0.15) is 64.7 Å². The SMILES string of the molecule is CCC1CCC(C2(CN)CCC(O)CC2)CC1. The van der Waals surface area contributed by atoms with Crippen LogP contribution in [-0.2, 0) is 0 Å². The summed E-state index contributed by atoms with van der Waals surface area (Å²) in [4.78, 5) is 0. The van der Waals surface area contributed by atoms with Crippen LogP contribution in [0, 0.1) is 17.3 Å². The number of aliphatic hydroxyl groups excluding tert-OH is 1. The second kappa shape index (κ2) is 5.71. The molecule has 17 heavy (non-hydrogen) atoms. The lowest BCUT2D eigenvalue weighted by atomic mass is 9.60. The van der Waals surface area contributed by atoms with Crippen molar-refractivity contribution in [3.8, 4) is 0 Å². The third-order valence-electron chi connectivity index (χ3n) is 5.65. The van der Waals surface area contributed by atoms with E-state index < -0.39 is 0 Å². The van der Waals surface area contributed by atoms with Crippen LogP contribution in [0.15, 0.2) is 0 Å². The van der Waals surface area contributed by atoms with Crippen molar-refractivity contribution in [3.05, 3.63) is 0 Å². The summed E-state index contributed by atoms with van der Waals surface area (Å²) in [6.45, 7) is 3.15. The fourth-order valence-corrected chi connectivity index (χ4v) is 4.14. The lowest BCUT2D eigenvalue weighted by molar-refractivity contribution is 0.0111. The predicted molar refractivity (Wildman–Crippen MR) is 71.7 cm³/mol. The molecule has 0 bridgehead atoms. The van der Waals surface area contributed by atoms with E-state index in [2.05, 4.69) is 6.92 Å². The fraction of sp³-hybridized carbons (Fsp3) is 1.00. The molecule has 2 fully saturated rings. The molecule has 0 unspecified atom stereocenters. The summed E-state index contributed by atoms with van der Waals surface area (Å²) >= 11 is 0. The van der Waals surface area contributed by atoms with Crippen molar-refractivity contribution in [2.45, 2.75) is 70.8 Å². The Morgan fingerprint density at radius 3 is 2.12 bits per heavy atom. The zero-order valence-electron chi connectivity index (χ0n) is 11.3. The van der Waals surface area contributed by atoms with E-state index >= 15 is 0 Å². The van der Waals surface area contributed by atoms with Crippen molar-refractivity contribution in [2.75, 3.05) is 6.54 Å². The molecule has 0 aliphatic heterocycles.